The summed E-state index contributed by atoms with van der Waals surface area (Å²) in [6.07, 6.45) is 0.945. The summed E-state index contributed by atoms with van der Waals surface area (Å²) in [7, 11) is 1.72. The Morgan fingerprint density at radius 1 is 1.38 bits per heavy atom. The fourth-order valence-corrected chi connectivity index (χ4v) is 3.92. The molecule has 0 aliphatic heterocycles. The van der Waals surface area contributed by atoms with Crippen molar-refractivity contribution in [1.29, 1.82) is 0 Å². The number of esters is 1. The van der Waals surface area contributed by atoms with E-state index in [-0.39, 0.29) is 12.0 Å². The lowest BCUT2D eigenvalue weighted by atomic mass is 10.3. The molecule has 2 rings (SSSR count). The normalized spacial score (nSPS) is 12.7. The van der Waals surface area contributed by atoms with Gasteiger partial charge in [0.2, 0.25) is 0 Å². The van der Waals surface area contributed by atoms with Crippen LogP contribution < -0.4 is 10.6 Å². The second-order valence-electron chi connectivity index (χ2n) is 5.57. The number of carbonyl (C=O) groups is 1. The molecule has 0 aliphatic carbocycles. The van der Waals surface area contributed by atoms with Crippen LogP contribution in [0.25, 0.3) is 0 Å². The summed E-state index contributed by atoms with van der Waals surface area (Å²) in [5.41, 5.74) is 1.69. The van der Waals surface area contributed by atoms with Crippen LogP contribution in [0, 0.1) is 6.92 Å². The Morgan fingerprint density at radius 2 is 2.15 bits per heavy atom. The minimum absolute atomic E-state index is 0.0882. The van der Waals surface area contributed by atoms with Crippen molar-refractivity contribution in [3.8, 4) is 0 Å². The predicted octanol–water partition coefficient (Wildman–Crippen LogP) is 3.07. The highest BCUT2D eigenvalue weighted by atomic mass is 32.1. The molecular formula is C17H25N5O2S2. The number of aromatic nitrogens is 2. The molecule has 0 spiro atoms. The number of carbonyl (C=O) groups excluding carboxylic acids is 1. The third kappa shape index (κ3) is 5.25. The van der Waals surface area contributed by atoms with Gasteiger partial charge in [0.25, 0.3) is 0 Å². The van der Waals surface area contributed by atoms with E-state index in [1.807, 2.05) is 13.8 Å². The fourth-order valence-electron chi connectivity index (χ4n) is 2.22. The second kappa shape index (κ2) is 9.63. The molecule has 1 atom stereocenters. The smallest absolute Gasteiger partial charge is 0.350 e. The van der Waals surface area contributed by atoms with Crippen molar-refractivity contribution in [2.75, 3.05) is 13.7 Å². The average molecular weight is 396 g/mol. The Hall–Kier alpha value is -2.00. The molecule has 26 heavy (non-hydrogen) atoms. The Kier molecular flexibility index (Phi) is 7.52. The standard InChI is InChI=1S/C17H25N5O2S2/c1-6-13-22-12(9-25-13)8-19-17(18-5)21-11(4)15-20-10(3)14(26-15)16(23)24-7-2/h9,11H,6-8H2,1-5H3,(H2,18,19,21). The van der Waals surface area contributed by atoms with Crippen LogP contribution in [-0.4, -0.2) is 35.6 Å². The van der Waals surface area contributed by atoms with Crippen LogP contribution in [0.5, 0.6) is 0 Å². The zero-order chi connectivity index (χ0) is 19.1. The first-order valence-corrected chi connectivity index (χ1v) is 10.2. The number of guanidine groups is 1. The molecule has 0 saturated heterocycles. The Bertz CT molecular complexity index is 769. The van der Waals surface area contributed by atoms with E-state index in [9.17, 15) is 4.79 Å². The zero-order valence-electron chi connectivity index (χ0n) is 15.8. The third-order valence-corrected chi connectivity index (χ3v) is 5.92. The van der Waals surface area contributed by atoms with Crippen LogP contribution in [0.4, 0.5) is 0 Å². The number of thiazole rings is 2. The second-order valence-corrected chi connectivity index (χ2v) is 7.54. The van der Waals surface area contributed by atoms with E-state index in [1.165, 1.54) is 11.3 Å². The molecule has 7 nitrogen and oxygen atoms in total. The van der Waals surface area contributed by atoms with Crippen molar-refractivity contribution in [1.82, 2.24) is 20.6 Å². The van der Waals surface area contributed by atoms with Crippen molar-refractivity contribution in [2.24, 2.45) is 4.99 Å². The molecule has 0 amide bonds. The highest BCUT2D eigenvalue weighted by Gasteiger charge is 2.20. The van der Waals surface area contributed by atoms with Gasteiger partial charge in [-0.05, 0) is 27.2 Å². The van der Waals surface area contributed by atoms with Gasteiger partial charge in [-0.2, -0.15) is 0 Å². The summed E-state index contributed by atoms with van der Waals surface area (Å²) < 4.78 is 5.07. The van der Waals surface area contributed by atoms with Gasteiger partial charge in [-0.3, -0.25) is 4.99 Å². The van der Waals surface area contributed by atoms with E-state index in [0.717, 1.165) is 22.1 Å². The van der Waals surface area contributed by atoms with Gasteiger partial charge >= 0.3 is 5.97 Å². The van der Waals surface area contributed by atoms with Crippen LogP contribution in [0.2, 0.25) is 0 Å². The summed E-state index contributed by atoms with van der Waals surface area (Å²) in [4.78, 5) is 25.8. The van der Waals surface area contributed by atoms with Crippen molar-refractivity contribution in [3.63, 3.8) is 0 Å². The minimum atomic E-state index is -0.321. The molecule has 0 saturated carbocycles. The van der Waals surface area contributed by atoms with Crippen LogP contribution >= 0.6 is 22.7 Å². The quantitative estimate of drug-likeness (QED) is 0.425. The van der Waals surface area contributed by atoms with Gasteiger partial charge < -0.3 is 15.4 Å². The number of aliphatic imine (C=N–C) groups is 1. The van der Waals surface area contributed by atoms with E-state index in [2.05, 4.69) is 37.9 Å². The van der Waals surface area contributed by atoms with Crippen LogP contribution in [-0.2, 0) is 17.7 Å². The van der Waals surface area contributed by atoms with E-state index in [1.54, 1.807) is 25.3 Å². The van der Waals surface area contributed by atoms with Crippen LogP contribution in [0.3, 0.4) is 0 Å². The molecule has 2 aromatic rings. The molecule has 2 aromatic heterocycles. The third-order valence-electron chi connectivity index (χ3n) is 3.56. The number of nitrogens with zero attached hydrogens (tertiary/aromatic N) is 3. The maximum atomic E-state index is 12.0. The number of rotatable bonds is 7. The molecular weight excluding hydrogens is 370 g/mol. The molecule has 9 heteroatoms. The molecule has 0 radical (unpaired) electrons. The first-order valence-electron chi connectivity index (χ1n) is 8.53. The van der Waals surface area contributed by atoms with Crippen LogP contribution in [0.15, 0.2) is 10.4 Å². The number of hydrogen-bond donors (Lipinski definition) is 2. The molecule has 0 fully saturated rings. The topological polar surface area (TPSA) is 88.5 Å². The Morgan fingerprint density at radius 3 is 2.77 bits per heavy atom. The predicted molar refractivity (Wildman–Crippen MR) is 106 cm³/mol. The van der Waals surface area contributed by atoms with Gasteiger partial charge in [-0.1, -0.05) is 6.92 Å². The maximum absolute atomic E-state index is 12.0. The SMILES string of the molecule is CCOC(=O)c1sc(C(C)NC(=NC)NCc2csc(CC)n2)nc1C. The first-order chi connectivity index (χ1) is 12.5. The maximum Gasteiger partial charge on any atom is 0.350 e. The van der Waals surface area contributed by atoms with Crippen molar-refractivity contribution < 1.29 is 9.53 Å². The van der Waals surface area contributed by atoms with E-state index in [4.69, 9.17) is 4.74 Å². The molecule has 0 aromatic carbocycles. The summed E-state index contributed by atoms with van der Waals surface area (Å²) in [5, 5.41) is 10.5. The highest BCUT2D eigenvalue weighted by molar-refractivity contribution is 7.13. The van der Waals surface area contributed by atoms with Crippen LogP contribution in [0.1, 0.15) is 57.9 Å². The Labute approximate surface area is 161 Å². The number of hydrogen-bond acceptors (Lipinski definition) is 7. The Balaban J connectivity index is 1.97. The summed E-state index contributed by atoms with van der Waals surface area (Å²) in [5.74, 6) is 0.341. The van der Waals surface area contributed by atoms with E-state index < -0.39 is 0 Å². The monoisotopic (exact) mass is 395 g/mol. The lowest BCUT2D eigenvalue weighted by Gasteiger charge is -2.15. The number of nitrogens with one attached hydrogen (secondary N) is 2. The minimum Gasteiger partial charge on any atom is -0.462 e. The van der Waals surface area contributed by atoms with Crippen molar-refractivity contribution in [2.45, 2.75) is 46.7 Å². The fraction of sp³-hybridized carbons (Fsp3) is 0.529. The lowest BCUT2D eigenvalue weighted by Crippen LogP contribution is -2.38. The highest BCUT2D eigenvalue weighted by Crippen LogP contribution is 2.24. The zero-order valence-corrected chi connectivity index (χ0v) is 17.4. The summed E-state index contributed by atoms with van der Waals surface area (Å²) in [6, 6.07) is -0.0882. The largest absolute Gasteiger partial charge is 0.462 e. The molecule has 1 unspecified atom stereocenters. The molecule has 2 N–H and O–H groups in total. The van der Waals surface area contributed by atoms with E-state index >= 15 is 0 Å². The average Bonchev–Trinajstić information content (AvgIpc) is 3.25. The van der Waals surface area contributed by atoms with Crippen molar-refractivity contribution >= 4 is 34.6 Å². The van der Waals surface area contributed by atoms with Crippen molar-refractivity contribution in [3.05, 3.63) is 31.7 Å². The lowest BCUT2D eigenvalue weighted by molar-refractivity contribution is 0.0531. The van der Waals surface area contributed by atoms with Gasteiger partial charge in [-0.25, -0.2) is 14.8 Å². The number of ether oxygens (including phenoxy) is 1. The van der Waals surface area contributed by atoms with Gasteiger partial charge in [0.1, 0.15) is 9.88 Å². The number of aryl methyl sites for hydroxylation is 2. The molecule has 142 valence electrons. The first kappa shape index (κ1) is 20.3. The van der Waals surface area contributed by atoms with Gasteiger partial charge in [0, 0.05) is 12.4 Å². The molecule has 2 heterocycles. The van der Waals surface area contributed by atoms with Gasteiger partial charge in [0.05, 0.1) is 35.6 Å². The van der Waals surface area contributed by atoms with Gasteiger partial charge in [0.15, 0.2) is 5.96 Å². The summed E-state index contributed by atoms with van der Waals surface area (Å²) in [6.45, 7) is 8.65. The summed E-state index contributed by atoms with van der Waals surface area (Å²) >= 11 is 3.01. The molecule has 0 bridgehead atoms. The van der Waals surface area contributed by atoms with Gasteiger partial charge in [-0.15, -0.1) is 22.7 Å². The molecule has 0 aliphatic rings. The van der Waals surface area contributed by atoms with E-state index in [0.29, 0.717) is 29.7 Å².